The lowest BCUT2D eigenvalue weighted by molar-refractivity contribution is -0.766. The maximum atomic E-state index is 14.5. The van der Waals surface area contributed by atoms with E-state index in [1.54, 1.807) is 60.3 Å². The van der Waals surface area contributed by atoms with Gasteiger partial charge in [-0.2, -0.15) is 4.57 Å². The Kier molecular flexibility index (Phi) is 10.9. The molecule has 3 aliphatic rings. The predicted octanol–water partition coefficient (Wildman–Crippen LogP) is 6.18. The Morgan fingerprint density at radius 3 is 2.35 bits per heavy atom. The summed E-state index contributed by atoms with van der Waals surface area (Å²) in [5.74, 6) is -1.39. The Morgan fingerprint density at radius 1 is 0.959 bits per heavy atom. The molecule has 0 radical (unpaired) electrons. The van der Waals surface area contributed by atoms with Crippen molar-refractivity contribution < 1.29 is 46.7 Å². The summed E-state index contributed by atoms with van der Waals surface area (Å²) in [5.41, 5.74) is 10.0. The van der Waals surface area contributed by atoms with E-state index in [4.69, 9.17) is 33.7 Å². The maximum absolute atomic E-state index is 14.5. The van der Waals surface area contributed by atoms with Crippen LogP contribution in [0.1, 0.15) is 84.2 Å². The fourth-order valence-electron chi connectivity index (χ4n) is 7.02. The lowest BCUT2D eigenvalue weighted by Crippen LogP contribution is -2.46. The van der Waals surface area contributed by atoms with E-state index in [1.807, 2.05) is 26.8 Å². The van der Waals surface area contributed by atoms with Crippen LogP contribution in [0.3, 0.4) is 0 Å². The van der Waals surface area contributed by atoms with Crippen molar-refractivity contribution in [3.63, 3.8) is 0 Å². The van der Waals surface area contributed by atoms with E-state index in [0.29, 0.717) is 11.3 Å². The van der Waals surface area contributed by atoms with Gasteiger partial charge in [0.05, 0.1) is 18.7 Å². The number of primary amides is 1. The van der Waals surface area contributed by atoms with Gasteiger partial charge >= 0.3 is 13.6 Å². The van der Waals surface area contributed by atoms with Gasteiger partial charge in [-0.15, -0.1) is 0 Å². The highest BCUT2D eigenvalue weighted by Gasteiger charge is 2.58. The molecule has 2 unspecified atom stereocenters. The molecule has 7 atom stereocenters. The zero-order valence-corrected chi connectivity index (χ0v) is 29.4. The molecule has 1 saturated carbocycles. The first-order chi connectivity index (χ1) is 23.5. The van der Waals surface area contributed by atoms with Gasteiger partial charge in [-0.05, 0) is 75.8 Å². The van der Waals surface area contributed by atoms with Gasteiger partial charge in [-0.3, -0.25) is 14.1 Å². The lowest BCUT2D eigenvalue weighted by Gasteiger charge is -2.26. The van der Waals surface area contributed by atoms with Gasteiger partial charge in [0.2, 0.25) is 0 Å². The maximum Gasteiger partial charge on any atom is 0.380 e. The van der Waals surface area contributed by atoms with Crippen LogP contribution in [-0.4, -0.2) is 49.1 Å². The number of aromatic nitrogens is 1. The number of nitrogens with two attached hydrogens (primary N) is 1. The molecule has 3 fully saturated rings. The Balaban J connectivity index is 1.24. The van der Waals surface area contributed by atoms with Crippen LogP contribution in [0.5, 0.6) is 5.75 Å². The molecule has 1 amide bonds. The van der Waals surface area contributed by atoms with Gasteiger partial charge < -0.3 is 29.2 Å². The molecule has 3 heterocycles. The van der Waals surface area contributed by atoms with Crippen molar-refractivity contribution in [3.05, 3.63) is 94.8 Å². The van der Waals surface area contributed by atoms with Crippen LogP contribution in [0.2, 0.25) is 0 Å². The van der Waals surface area contributed by atoms with Crippen LogP contribution in [0, 0.1) is 26.7 Å². The summed E-state index contributed by atoms with van der Waals surface area (Å²) in [4.78, 5) is 25.1. The molecule has 1 aromatic heterocycles. The van der Waals surface area contributed by atoms with Gasteiger partial charge in [0.15, 0.2) is 24.8 Å². The summed E-state index contributed by atoms with van der Waals surface area (Å²) in [6.45, 7) is 7.59. The average molecular weight is 694 g/mol. The summed E-state index contributed by atoms with van der Waals surface area (Å²) < 4.78 is 53.8. The smallest absolute Gasteiger partial charge is 0.380 e. The fourth-order valence-corrected chi connectivity index (χ4v) is 8.89. The molecule has 1 aliphatic carbocycles. The quantitative estimate of drug-likeness (QED) is 0.134. The van der Waals surface area contributed by atoms with Crippen molar-refractivity contribution in [1.82, 2.24) is 0 Å². The van der Waals surface area contributed by atoms with E-state index in [9.17, 15) is 14.2 Å². The number of hydrogen-bond acceptors (Lipinski definition) is 9. The number of nitrogens with zero attached hydrogens (tertiary/aromatic N) is 1. The molecule has 2 N–H and O–H groups in total. The second kappa shape index (κ2) is 15.1. The third-order valence-corrected chi connectivity index (χ3v) is 11.4. The third kappa shape index (κ3) is 8.24. The summed E-state index contributed by atoms with van der Waals surface area (Å²) in [6, 6.07) is 16.2. The Bertz CT molecular complexity index is 1670. The standard InChI is InChI=1S/C37H45N2O9P/c1-23-18-24(2)31(25(3)19-23)37-46-32-30(45-35(33(32)47-37)39-17-11-12-27(20-39)34(38)40)21-43-49(42,48-29-15-9-6-10-16-29)22-26(4)36(41)44-28-13-7-5-8-14-28/h6,9-12,15-20,26,28,30,32-33,35,37H,5,7-8,13-14,21-22H2,1-4H3,(H-,38,40)/p+1/t26-,30-,32-,33-,35-,37?,49?/m1/s1. The molecule has 6 rings (SSSR count). The summed E-state index contributed by atoms with van der Waals surface area (Å²) in [7, 11) is -3.95. The number of hydrogen-bond donors (Lipinski definition) is 1. The summed E-state index contributed by atoms with van der Waals surface area (Å²) in [6.07, 6.45) is 4.53. The zero-order chi connectivity index (χ0) is 34.7. The number of fused-ring (bicyclic) bond motifs is 1. The van der Waals surface area contributed by atoms with E-state index in [0.717, 1.165) is 54.4 Å². The van der Waals surface area contributed by atoms with Gasteiger partial charge in [0.25, 0.3) is 12.1 Å². The summed E-state index contributed by atoms with van der Waals surface area (Å²) in [5, 5.41) is 0. The first-order valence-electron chi connectivity index (χ1n) is 17.0. The Hall–Kier alpha value is -3.60. The molecule has 12 heteroatoms. The number of rotatable bonds is 12. The monoisotopic (exact) mass is 693 g/mol. The van der Waals surface area contributed by atoms with Gasteiger partial charge in [-0.25, -0.2) is 4.57 Å². The number of aryl methyl sites for hydroxylation is 3. The molecule has 49 heavy (non-hydrogen) atoms. The van der Waals surface area contributed by atoms with E-state index in [2.05, 4.69) is 12.1 Å². The van der Waals surface area contributed by atoms with Crippen molar-refractivity contribution >= 4 is 19.5 Å². The molecular formula is C37H46N2O9P+. The average Bonchev–Trinajstić information content (AvgIpc) is 3.64. The number of pyridine rings is 1. The zero-order valence-electron chi connectivity index (χ0n) is 28.5. The van der Waals surface area contributed by atoms with Crippen LogP contribution in [0.25, 0.3) is 0 Å². The highest BCUT2D eigenvalue weighted by Crippen LogP contribution is 2.52. The Labute approximate surface area is 287 Å². The van der Waals surface area contributed by atoms with Crippen LogP contribution in [0.15, 0.2) is 67.0 Å². The number of carbonyl (C=O) groups is 2. The van der Waals surface area contributed by atoms with Crippen molar-refractivity contribution in [1.29, 1.82) is 0 Å². The van der Waals surface area contributed by atoms with E-state index in [1.165, 1.54) is 0 Å². The first kappa shape index (κ1) is 35.2. The van der Waals surface area contributed by atoms with E-state index >= 15 is 0 Å². The fraction of sp³-hybridized carbons (Fsp3) is 0.486. The molecule has 11 nitrogen and oxygen atoms in total. The van der Waals surface area contributed by atoms with Crippen LogP contribution in [-0.2, 0) is 32.8 Å². The highest BCUT2D eigenvalue weighted by atomic mass is 31.2. The SMILES string of the molecule is Cc1cc(C)c(C2O[C@@H]3[C@H](O2)[C@@H](COP(=O)(C[C@@H](C)C(=O)OC2CCCCC2)Oc2ccccc2)O[C@H]3[n+]2cccc(C(N)=O)c2)c(C)c1. The first-order valence-corrected chi connectivity index (χ1v) is 18.8. The number of carbonyl (C=O) groups excluding carboxylic acids is 2. The second-order valence-corrected chi connectivity index (χ2v) is 15.4. The normalized spacial score (nSPS) is 25.7. The van der Waals surface area contributed by atoms with Crippen molar-refractivity contribution in [3.8, 4) is 5.75 Å². The number of para-hydroxylation sites is 1. The van der Waals surface area contributed by atoms with Gasteiger partial charge in [0.1, 0.15) is 29.6 Å². The van der Waals surface area contributed by atoms with Gasteiger partial charge in [0, 0.05) is 11.6 Å². The molecule has 2 aromatic carbocycles. The van der Waals surface area contributed by atoms with Crippen LogP contribution >= 0.6 is 7.60 Å². The topological polar surface area (TPSA) is 136 Å². The van der Waals surface area contributed by atoms with Crippen LogP contribution < -0.4 is 14.8 Å². The molecule has 262 valence electrons. The molecule has 0 bridgehead atoms. The number of amides is 1. The minimum Gasteiger partial charge on any atom is -0.462 e. The Morgan fingerprint density at radius 2 is 1.65 bits per heavy atom. The number of esters is 1. The minimum absolute atomic E-state index is 0.126. The van der Waals surface area contributed by atoms with Crippen LogP contribution in [0.4, 0.5) is 0 Å². The predicted molar refractivity (Wildman–Crippen MR) is 180 cm³/mol. The lowest BCUT2D eigenvalue weighted by atomic mass is 9.98. The molecule has 2 saturated heterocycles. The number of ether oxygens (including phenoxy) is 4. The van der Waals surface area contributed by atoms with Gasteiger partial charge in [-0.1, -0.05) is 49.2 Å². The van der Waals surface area contributed by atoms with Crippen molar-refractivity contribution in [2.75, 3.05) is 12.8 Å². The molecule has 3 aromatic rings. The highest BCUT2D eigenvalue weighted by molar-refractivity contribution is 7.54. The van der Waals surface area contributed by atoms with E-state index in [-0.39, 0.29) is 18.9 Å². The molecule has 2 aliphatic heterocycles. The summed E-state index contributed by atoms with van der Waals surface area (Å²) >= 11 is 0. The minimum atomic E-state index is -3.95. The largest absolute Gasteiger partial charge is 0.462 e. The second-order valence-electron chi connectivity index (χ2n) is 13.4. The third-order valence-electron chi connectivity index (χ3n) is 9.38. The molecular weight excluding hydrogens is 647 g/mol. The van der Waals surface area contributed by atoms with Crippen molar-refractivity contribution in [2.24, 2.45) is 11.7 Å². The number of benzene rings is 2. The van der Waals surface area contributed by atoms with E-state index < -0.39 is 56.2 Å². The van der Waals surface area contributed by atoms with Crippen molar-refractivity contribution in [2.45, 2.75) is 96.7 Å². The molecule has 0 spiro atoms.